The van der Waals surface area contributed by atoms with Gasteiger partial charge in [-0.25, -0.2) is 0 Å². The van der Waals surface area contributed by atoms with Crippen molar-refractivity contribution in [2.24, 2.45) is 0 Å². The summed E-state index contributed by atoms with van der Waals surface area (Å²) in [7, 11) is 3.35. The molecule has 0 saturated carbocycles. The molecule has 1 atom stereocenters. The molecule has 0 spiro atoms. The van der Waals surface area contributed by atoms with Gasteiger partial charge in [0.2, 0.25) is 0 Å². The predicted octanol–water partition coefficient (Wildman–Crippen LogP) is 5.52. The third-order valence-electron chi connectivity index (χ3n) is 4.21. The van der Waals surface area contributed by atoms with Crippen molar-refractivity contribution in [1.82, 2.24) is 0 Å². The molecule has 136 valence electrons. The Morgan fingerprint density at radius 2 is 1.42 bits per heavy atom. The number of hydrogen-bond acceptors (Lipinski definition) is 3. The van der Waals surface area contributed by atoms with Crippen molar-refractivity contribution in [1.29, 1.82) is 0 Å². The van der Waals surface area contributed by atoms with E-state index in [1.165, 1.54) is 5.56 Å². The van der Waals surface area contributed by atoms with Gasteiger partial charge in [0.1, 0.15) is 0 Å². The molecule has 0 saturated heterocycles. The first kappa shape index (κ1) is 19.7. The maximum atomic E-state index is 5.66. The maximum Gasteiger partial charge on any atom is 0.165 e. The van der Waals surface area contributed by atoms with Crippen LogP contribution in [0, 0.1) is 0 Å². The first-order valence-corrected chi connectivity index (χ1v) is 8.38. The van der Waals surface area contributed by atoms with Crippen molar-refractivity contribution in [3.05, 3.63) is 90.0 Å². The lowest BCUT2D eigenvalue weighted by atomic mass is 9.97. The Bertz CT molecular complexity index is 752. The molecule has 0 radical (unpaired) electrons. The van der Waals surface area contributed by atoms with Gasteiger partial charge in [0, 0.05) is 11.3 Å². The van der Waals surface area contributed by atoms with E-state index in [9.17, 15) is 0 Å². The highest BCUT2D eigenvalue weighted by Gasteiger charge is 2.19. The average Bonchev–Trinajstić information content (AvgIpc) is 2.68. The fraction of sp³-hybridized carbons (Fsp3) is 0.182. The van der Waals surface area contributed by atoms with Crippen LogP contribution in [0.4, 0.5) is 5.69 Å². The second-order valence-corrected chi connectivity index (χ2v) is 5.84. The first-order chi connectivity index (χ1) is 12.3. The smallest absolute Gasteiger partial charge is 0.165 e. The molecule has 3 aromatic rings. The summed E-state index contributed by atoms with van der Waals surface area (Å²) in [5, 5.41) is 3.63. The molecule has 0 aliphatic rings. The summed E-state index contributed by atoms with van der Waals surface area (Å²) in [5.41, 5.74) is 3.42. The Kier molecular flexibility index (Phi) is 7.37. The first-order valence-electron chi connectivity index (χ1n) is 8.38. The summed E-state index contributed by atoms with van der Waals surface area (Å²) < 4.78 is 11.1. The lowest BCUT2D eigenvalue weighted by Crippen LogP contribution is -2.15. The SMILES string of the molecule is COc1cccc(C(Cc2ccccc2)Nc2ccccc2)c1OC.Cl. The van der Waals surface area contributed by atoms with Crippen LogP contribution < -0.4 is 14.8 Å². The fourth-order valence-electron chi connectivity index (χ4n) is 3.01. The van der Waals surface area contributed by atoms with Gasteiger partial charge in [0.05, 0.1) is 20.3 Å². The molecule has 1 unspecified atom stereocenters. The van der Waals surface area contributed by atoms with Gasteiger partial charge >= 0.3 is 0 Å². The van der Waals surface area contributed by atoms with Crippen molar-refractivity contribution in [3.8, 4) is 11.5 Å². The van der Waals surface area contributed by atoms with Gasteiger partial charge < -0.3 is 14.8 Å². The Morgan fingerprint density at radius 3 is 2.04 bits per heavy atom. The molecule has 0 bridgehead atoms. The number of anilines is 1. The van der Waals surface area contributed by atoms with Gasteiger partial charge in [0.15, 0.2) is 11.5 Å². The summed E-state index contributed by atoms with van der Waals surface area (Å²) >= 11 is 0. The quantitative estimate of drug-likeness (QED) is 0.594. The van der Waals surface area contributed by atoms with E-state index in [1.54, 1.807) is 14.2 Å². The van der Waals surface area contributed by atoms with Crippen molar-refractivity contribution >= 4 is 18.1 Å². The Labute approximate surface area is 161 Å². The monoisotopic (exact) mass is 369 g/mol. The van der Waals surface area contributed by atoms with Crippen LogP contribution >= 0.6 is 12.4 Å². The molecule has 0 heterocycles. The molecule has 0 aromatic heterocycles. The highest BCUT2D eigenvalue weighted by molar-refractivity contribution is 5.85. The third-order valence-corrected chi connectivity index (χ3v) is 4.21. The summed E-state index contributed by atoms with van der Waals surface area (Å²) in [5.74, 6) is 1.52. The lowest BCUT2D eigenvalue weighted by Gasteiger charge is -2.23. The third kappa shape index (κ3) is 4.70. The van der Waals surface area contributed by atoms with Crippen LogP contribution in [-0.4, -0.2) is 14.2 Å². The minimum Gasteiger partial charge on any atom is -0.493 e. The fourth-order valence-corrected chi connectivity index (χ4v) is 3.01. The Hall–Kier alpha value is -2.65. The van der Waals surface area contributed by atoms with E-state index in [2.05, 4.69) is 47.8 Å². The molecule has 3 nitrogen and oxygen atoms in total. The molecule has 0 amide bonds. The van der Waals surface area contributed by atoms with Crippen LogP contribution in [0.2, 0.25) is 0 Å². The molecule has 26 heavy (non-hydrogen) atoms. The number of hydrogen-bond donors (Lipinski definition) is 1. The number of rotatable bonds is 7. The normalized spacial score (nSPS) is 11.2. The molecule has 4 heteroatoms. The second-order valence-electron chi connectivity index (χ2n) is 5.84. The van der Waals surface area contributed by atoms with Crippen LogP contribution in [-0.2, 0) is 6.42 Å². The van der Waals surface area contributed by atoms with Crippen LogP contribution in [0.1, 0.15) is 17.2 Å². The maximum absolute atomic E-state index is 5.66. The largest absolute Gasteiger partial charge is 0.493 e. The minimum atomic E-state index is 0. The standard InChI is InChI=1S/C22H23NO2.ClH/c1-24-21-15-9-14-19(22(21)25-2)20(16-17-10-5-3-6-11-17)23-18-12-7-4-8-13-18;/h3-15,20,23H,16H2,1-2H3;1H. The Balaban J connectivity index is 0.00000243. The second kappa shape index (κ2) is 9.73. The average molecular weight is 370 g/mol. The topological polar surface area (TPSA) is 30.5 Å². The van der Waals surface area contributed by atoms with Crippen LogP contribution in [0.3, 0.4) is 0 Å². The van der Waals surface area contributed by atoms with Gasteiger partial charge in [-0.2, -0.15) is 0 Å². The van der Waals surface area contributed by atoms with E-state index in [1.807, 2.05) is 36.4 Å². The molecular formula is C22H24ClNO2. The van der Waals surface area contributed by atoms with E-state index in [0.29, 0.717) is 0 Å². The number of benzene rings is 3. The number of nitrogens with one attached hydrogen (secondary N) is 1. The summed E-state index contributed by atoms with van der Waals surface area (Å²) in [4.78, 5) is 0. The van der Waals surface area contributed by atoms with Gasteiger partial charge in [-0.05, 0) is 30.2 Å². The van der Waals surface area contributed by atoms with E-state index in [4.69, 9.17) is 9.47 Å². The zero-order valence-electron chi connectivity index (χ0n) is 15.0. The van der Waals surface area contributed by atoms with Crippen LogP contribution in [0.25, 0.3) is 0 Å². The number of para-hydroxylation sites is 2. The summed E-state index contributed by atoms with van der Waals surface area (Å²) in [6.45, 7) is 0. The molecule has 1 N–H and O–H groups in total. The van der Waals surface area contributed by atoms with E-state index in [0.717, 1.165) is 29.2 Å². The Morgan fingerprint density at radius 1 is 0.769 bits per heavy atom. The zero-order chi connectivity index (χ0) is 17.5. The highest BCUT2D eigenvalue weighted by Crippen LogP contribution is 2.37. The van der Waals surface area contributed by atoms with Crippen molar-refractivity contribution in [2.75, 3.05) is 19.5 Å². The van der Waals surface area contributed by atoms with Crippen LogP contribution in [0.5, 0.6) is 11.5 Å². The minimum absolute atomic E-state index is 0. The van der Waals surface area contributed by atoms with E-state index >= 15 is 0 Å². The lowest BCUT2D eigenvalue weighted by molar-refractivity contribution is 0.350. The van der Waals surface area contributed by atoms with E-state index < -0.39 is 0 Å². The number of halogens is 1. The van der Waals surface area contributed by atoms with Crippen molar-refractivity contribution in [2.45, 2.75) is 12.5 Å². The molecule has 3 rings (SSSR count). The zero-order valence-corrected chi connectivity index (χ0v) is 15.8. The van der Waals surface area contributed by atoms with Crippen molar-refractivity contribution in [3.63, 3.8) is 0 Å². The van der Waals surface area contributed by atoms with Gasteiger partial charge in [-0.15, -0.1) is 12.4 Å². The molecule has 0 aliphatic carbocycles. The molecule has 0 aliphatic heterocycles. The van der Waals surface area contributed by atoms with Crippen molar-refractivity contribution < 1.29 is 9.47 Å². The number of ether oxygens (including phenoxy) is 2. The summed E-state index contributed by atoms with van der Waals surface area (Å²) in [6, 6.07) is 26.8. The molecular weight excluding hydrogens is 346 g/mol. The molecule has 3 aromatic carbocycles. The molecule has 0 fully saturated rings. The number of methoxy groups -OCH3 is 2. The summed E-state index contributed by atoms with van der Waals surface area (Å²) in [6.07, 6.45) is 0.846. The van der Waals surface area contributed by atoms with Gasteiger partial charge in [-0.1, -0.05) is 60.7 Å². The van der Waals surface area contributed by atoms with E-state index in [-0.39, 0.29) is 18.4 Å². The predicted molar refractivity (Wildman–Crippen MR) is 110 cm³/mol. The van der Waals surface area contributed by atoms with Crippen LogP contribution in [0.15, 0.2) is 78.9 Å². The van der Waals surface area contributed by atoms with Gasteiger partial charge in [-0.3, -0.25) is 0 Å². The highest BCUT2D eigenvalue weighted by atomic mass is 35.5. The van der Waals surface area contributed by atoms with Gasteiger partial charge in [0.25, 0.3) is 0 Å².